The van der Waals surface area contributed by atoms with Gasteiger partial charge in [0, 0.05) is 50.1 Å². The van der Waals surface area contributed by atoms with Crippen LogP contribution in [0.4, 0.5) is 13.2 Å². The van der Waals surface area contributed by atoms with Crippen molar-refractivity contribution in [3.63, 3.8) is 0 Å². The van der Waals surface area contributed by atoms with E-state index in [0.29, 0.717) is 48.1 Å². The quantitative estimate of drug-likeness (QED) is 0.756. The van der Waals surface area contributed by atoms with Crippen LogP contribution in [0.15, 0.2) is 12.3 Å². The Hall–Kier alpha value is -1.67. The first kappa shape index (κ1) is 22.1. The number of hydrogen-bond donors (Lipinski definition) is 1. The van der Waals surface area contributed by atoms with Crippen LogP contribution in [0.2, 0.25) is 0 Å². The monoisotopic (exact) mass is 451 g/mol. The van der Waals surface area contributed by atoms with E-state index in [4.69, 9.17) is 4.74 Å². The van der Waals surface area contributed by atoms with E-state index < -0.39 is 11.7 Å². The molecule has 5 atom stereocenters. The number of alkyl halides is 3. The molecule has 0 radical (unpaired) electrons. The Morgan fingerprint density at radius 3 is 2.97 bits per heavy atom. The van der Waals surface area contributed by atoms with Crippen molar-refractivity contribution in [2.24, 2.45) is 17.3 Å². The normalized spacial score (nSPS) is 34.9. The van der Waals surface area contributed by atoms with Crippen molar-refractivity contribution in [3.8, 4) is 0 Å². The van der Waals surface area contributed by atoms with Gasteiger partial charge in [-0.25, -0.2) is 0 Å². The lowest BCUT2D eigenvalue weighted by atomic mass is 9.78. The van der Waals surface area contributed by atoms with Crippen LogP contribution in [0.3, 0.4) is 0 Å². The molecule has 0 spiro atoms. The summed E-state index contributed by atoms with van der Waals surface area (Å²) >= 11 is 0. The van der Waals surface area contributed by atoms with Crippen molar-refractivity contribution in [3.05, 3.63) is 29.1 Å². The van der Waals surface area contributed by atoms with Crippen LogP contribution in [0.1, 0.15) is 62.3 Å². The molecule has 3 heterocycles. The van der Waals surface area contributed by atoms with Crippen LogP contribution in [0.25, 0.3) is 0 Å². The van der Waals surface area contributed by atoms with E-state index in [1.165, 1.54) is 6.07 Å². The van der Waals surface area contributed by atoms with E-state index in [9.17, 15) is 18.0 Å². The van der Waals surface area contributed by atoms with Gasteiger partial charge >= 0.3 is 6.18 Å². The smallest absolute Gasteiger partial charge is 0.381 e. The second-order valence-electron chi connectivity index (χ2n) is 10.3. The summed E-state index contributed by atoms with van der Waals surface area (Å²) < 4.78 is 45.1. The number of halogens is 3. The standard InChI is InChI=1S/C24H32F3N3O2/c1-15-14-32-8-5-20(15)29-19-10-17-3-2-6-23(17,11-19)22(31)30-7-4-21-16(13-30)9-18(12-28-21)24(25,26)27/h9,12,15,17,19-20,29H,2-8,10-11,13-14H2,1H3/t15-,17+,19+,20-,23+/m0/s1. The molecule has 2 aliphatic carbocycles. The lowest BCUT2D eigenvalue weighted by molar-refractivity contribution is -0.144. The third kappa shape index (κ3) is 3.94. The van der Waals surface area contributed by atoms with Crippen molar-refractivity contribution >= 4 is 5.91 Å². The highest BCUT2D eigenvalue weighted by Crippen LogP contribution is 2.55. The van der Waals surface area contributed by atoms with Crippen LogP contribution in [0, 0.1) is 17.3 Å². The topological polar surface area (TPSA) is 54.5 Å². The Kier molecular flexibility index (Phi) is 5.73. The summed E-state index contributed by atoms with van der Waals surface area (Å²) in [6.45, 7) is 4.53. The third-order valence-electron chi connectivity index (χ3n) is 8.31. The molecule has 8 heteroatoms. The maximum absolute atomic E-state index is 13.8. The number of amides is 1. The molecule has 5 rings (SSSR count). The molecule has 1 aromatic heterocycles. The van der Waals surface area contributed by atoms with Crippen LogP contribution in [0.5, 0.6) is 0 Å². The minimum Gasteiger partial charge on any atom is -0.381 e. The lowest BCUT2D eigenvalue weighted by Crippen LogP contribution is -2.48. The van der Waals surface area contributed by atoms with Gasteiger partial charge in [0.1, 0.15) is 0 Å². The number of nitrogens with zero attached hydrogens (tertiary/aromatic N) is 2. The Balaban J connectivity index is 1.31. The molecule has 1 saturated heterocycles. The van der Waals surface area contributed by atoms with Gasteiger partial charge in [0.15, 0.2) is 0 Å². The largest absolute Gasteiger partial charge is 0.417 e. The van der Waals surface area contributed by atoms with Gasteiger partial charge in [0.05, 0.1) is 17.6 Å². The highest BCUT2D eigenvalue weighted by Gasteiger charge is 2.56. The van der Waals surface area contributed by atoms with Gasteiger partial charge in [-0.2, -0.15) is 13.2 Å². The predicted molar refractivity (Wildman–Crippen MR) is 113 cm³/mol. The van der Waals surface area contributed by atoms with E-state index >= 15 is 0 Å². The molecule has 32 heavy (non-hydrogen) atoms. The zero-order chi connectivity index (χ0) is 22.5. The van der Waals surface area contributed by atoms with E-state index in [0.717, 1.165) is 57.9 Å². The molecule has 2 saturated carbocycles. The molecule has 2 aliphatic heterocycles. The van der Waals surface area contributed by atoms with Crippen LogP contribution >= 0.6 is 0 Å². The Bertz CT molecular complexity index is 877. The molecular weight excluding hydrogens is 419 g/mol. The number of pyridine rings is 1. The van der Waals surface area contributed by atoms with Crippen LogP contribution in [-0.4, -0.2) is 47.6 Å². The molecule has 1 N–H and O–H groups in total. The van der Waals surface area contributed by atoms with Crippen molar-refractivity contribution in [1.82, 2.24) is 15.2 Å². The number of rotatable bonds is 3. The first-order valence-electron chi connectivity index (χ1n) is 11.9. The highest BCUT2D eigenvalue weighted by atomic mass is 19.4. The van der Waals surface area contributed by atoms with Crippen molar-refractivity contribution in [2.75, 3.05) is 19.8 Å². The SMILES string of the molecule is C[C@H]1COCC[C@@H]1N[C@@H]1C[C@H]2CCC[C@@]2(C(=O)N2CCc3ncc(C(F)(F)F)cc3C2)C1. The molecule has 0 aromatic carbocycles. The molecule has 0 bridgehead atoms. The van der Waals surface area contributed by atoms with Crippen molar-refractivity contribution in [1.29, 1.82) is 0 Å². The first-order valence-corrected chi connectivity index (χ1v) is 11.9. The minimum absolute atomic E-state index is 0.146. The summed E-state index contributed by atoms with van der Waals surface area (Å²) in [5.74, 6) is 0.973. The second-order valence-corrected chi connectivity index (χ2v) is 10.3. The van der Waals surface area contributed by atoms with Gasteiger partial charge in [-0.3, -0.25) is 9.78 Å². The van der Waals surface area contributed by atoms with E-state index in [1.807, 2.05) is 4.90 Å². The van der Waals surface area contributed by atoms with Gasteiger partial charge in [-0.1, -0.05) is 13.3 Å². The maximum Gasteiger partial charge on any atom is 0.417 e. The number of nitrogens with one attached hydrogen (secondary N) is 1. The zero-order valence-corrected chi connectivity index (χ0v) is 18.6. The second kappa shape index (κ2) is 8.28. The number of hydrogen-bond acceptors (Lipinski definition) is 4. The molecule has 4 aliphatic rings. The number of carbonyl (C=O) groups is 1. The number of aromatic nitrogens is 1. The van der Waals surface area contributed by atoms with Crippen molar-refractivity contribution < 1.29 is 22.7 Å². The van der Waals surface area contributed by atoms with Crippen LogP contribution in [-0.2, 0) is 28.7 Å². The maximum atomic E-state index is 13.8. The van der Waals surface area contributed by atoms with E-state index in [-0.39, 0.29) is 17.9 Å². The zero-order valence-electron chi connectivity index (χ0n) is 18.6. The molecule has 5 nitrogen and oxygen atoms in total. The fourth-order valence-corrected chi connectivity index (χ4v) is 6.62. The fraction of sp³-hybridized carbons (Fsp3) is 0.750. The van der Waals surface area contributed by atoms with Crippen molar-refractivity contribution in [2.45, 2.75) is 76.7 Å². The summed E-state index contributed by atoms with van der Waals surface area (Å²) in [7, 11) is 0. The molecule has 0 unspecified atom stereocenters. The molecule has 1 aromatic rings. The van der Waals surface area contributed by atoms with E-state index in [2.05, 4.69) is 17.2 Å². The molecular formula is C24H32F3N3O2. The average molecular weight is 452 g/mol. The predicted octanol–water partition coefficient (Wildman–Crippen LogP) is 3.95. The number of carbonyl (C=O) groups excluding carboxylic acids is 1. The van der Waals surface area contributed by atoms with Gasteiger partial charge in [-0.15, -0.1) is 0 Å². The molecule has 176 valence electrons. The highest BCUT2D eigenvalue weighted by molar-refractivity contribution is 5.84. The molecule has 1 amide bonds. The Morgan fingerprint density at radius 2 is 2.19 bits per heavy atom. The Labute approximate surface area is 187 Å². The Morgan fingerprint density at radius 1 is 1.34 bits per heavy atom. The third-order valence-corrected chi connectivity index (χ3v) is 8.31. The van der Waals surface area contributed by atoms with Gasteiger partial charge in [-0.05, 0) is 55.6 Å². The van der Waals surface area contributed by atoms with Crippen LogP contribution < -0.4 is 5.32 Å². The number of fused-ring (bicyclic) bond motifs is 2. The minimum atomic E-state index is -4.42. The summed E-state index contributed by atoms with van der Waals surface area (Å²) in [6, 6.07) is 1.93. The first-order chi connectivity index (χ1) is 15.3. The summed E-state index contributed by atoms with van der Waals surface area (Å²) in [5, 5.41) is 3.83. The summed E-state index contributed by atoms with van der Waals surface area (Å²) in [6.07, 6.45) is 2.87. The van der Waals surface area contributed by atoms with Gasteiger partial charge < -0.3 is 15.0 Å². The average Bonchev–Trinajstić information content (AvgIpc) is 3.31. The molecule has 3 fully saturated rings. The lowest BCUT2D eigenvalue weighted by Gasteiger charge is -2.38. The summed E-state index contributed by atoms with van der Waals surface area (Å²) in [4.78, 5) is 19.7. The van der Waals surface area contributed by atoms with E-state index in [1.54, 1.807) is 0 Å². The number of ether oxygens (including phenoxy) is 1. The fourth-order valence-electron chi connectivity index (χ4n) is 6.62. The summed E-state index contributed by atoms with van der Waals surface area (Å²) in [5.41, 5.74) is 0.118. The van der Waals surface area contributed by atoms with Gasteiger partial charge in [0.2, 0.25) is 5.91 Å². The van der Waals surface area contributed by atoms with Gasteiger partial charge in [0.25, 0.3) is 0 Å².